The molecule has 0 saturated heterocycles. The highest BCUT2D eigenvalue weighted by Gasteiger charge is 2.10. The molecule has 1 aromatic carbocycles. The third-order valence-electron chi connectivity index (χ3n) is 3.32. The zero-order valence-corrected chi connectivity index (χ0v) is 13.6. The Morgan fingerprint density at radius 2 is 1.84 bits per heavy atom. The second kappa shape index (κ2) is 7.35. The first-order valence-electron chi connectivity index (χ1n) is 7.37. The minimum Gasteiger partial charge on any atom is -0.497 e. The first-order valence-corrected chi connectivity index (χ1v) is 7.37. The van der Waals surface area contributed by atoms with Crippen molar-refractivity contribution >= 4 is 23.2 Å². The Morgan fingerprint density at radius 1 is 1.04 bits per heavy atom. The largest absolute Gasteiger partial charge is 0.497 e. The lowest BCUT2D eigenvalue weighted by atomic mass is 10.2. The molecule has 0 atom stereocenters. The average Bonchev–Trinajstić information content (AvgIpc) is 3.18. The summed E-state index contributed by atoms with van der Waals surface area (Å²) in [5.74, 6) is 1.91. The van der Waals surface area contributed by atoms with E-state index >= 15 is 0 Å². The van der Waals surface area contributed by atoms with Crippen LogP contribution in [0.4, 0.5) is 17.3 Å². The van der Waals surface area contributed by atoms with E-state index in [2.05, 4.69) is 20.8 Å². The number of carbonyl (C=O) groups is 1. The molecule has 2 heterocycles. The molecule has 0 bridgehead atoms. The topological polar surface area (TPSA) is 98.5 Å². The molecule has 0 unspecified atom stereocenters. The predicted octanol–water partition coefficient (Wildman–Crippen LogP) is 3.08. The van der Waals surface area contributed by atoms with Crippen molar-refractivity contribution in [1.82, 2.24) is 10.2 Å². The van der Waals surface area contributed by atoms with Crippen molar-refractivity contribution in [2.75, 3.05) is 24.9 Å². The van der Waals surface area contributed by atoms with Crippen LogP contribution in [0.5, 0.6) is 11.5 Å². The molecular formula is C17H16N4O4. The van der Waals surface area contributed by atoms with Gasteiger partial charge in [0, 0.05) is 6.07 Å². The molecule has 0 fully saturated rings. The van der Waals surface area contributed by atoms with Crippen LogP contribution in [0.3, 0.4) is 0 Å². The van der Waals surface area contributed by atoms with Gasteiger partial charge < -0.3 is 24.5 Å². The maximum Gasteiger partial charge on any atom is 0.292 e. The lowest BCUT2D eigenvalue weighted by molar-refractivity contribution is 0.0996. The smallest absolute Gasteiger partial charge is 0.292 e. The molecule has 0 radical (unpaired) electrons. The van der Waals surface area contributed by atoms with Gasteiger partial charge in [0.15, 0.2) is 17.4 Å². The second-order valence-corrected chi connectivity index (χ2v) is 4.93. The van der Waals surface area contributed by atoms with Gasteiger partial charge in [-0.1, -0.05) is 0 Å². The number of hydrogen-bond acceptors (Lipinski definition) is 7. The molecule has 1 amide bonds. The monoisotopic (exact) mass is 340 g/mol. The van der Waals surface area contributed by atoms with E-state index < -0.39 is 5.91 Å². The van der Waals surface area contributed by atoms with Gasteiger partial charge in [-0.2, -0.15) is 0 Å². The summed E-state index contributed by atoms with van der Waals surface area (Å²) in [6.07, 6.45) is 1.43. The van der Waals surface area contributed by atoms with Gasteiger partial charge in [0.25, 0.3) is 5.91 Å². The predicted molar refractivity (Wildman–Crippen MR) is 91.5 cm³/mol. The van der Waals surface area contributed by atoms with Crippen molar-refractivity contribution in [1.29, 1.82) is 0 Å². The molecule has 0 aliphatic heterocycles. The number of furan rings is 1. The lowest BCUT2D eigenvalue weighted by Crippen LogP contribution is -2.12. The summed E-state index contributed by atoms with van der Waals surface area (Å²) in [5.41, 5.74) is 0.713. The number of nitrogens with zero attached hydrogens (tertiary/aromatic N) is 2. The number of benzene rings is 1. The highest BCUT2D eigenvalue weighted by atomic mass is 16.5. The number of anilines is 3. The van der Waals surface area contributed by atoms with E-state index in [0.717, 1.165) is 0 Å². The number of carbonyl (C=O) groups excluding carboxylic acids is 1. The quantitative estimate of drug-likeness (QED) is 0.711. The van der Waals surface area contributed by atoms with Crippen molar-refractivity contribution in [3.8, 4) is 11.5 Å². The molecule has 0 spiro atoms. The van der Waals surface area contributed by atoms with Crippen LogP contribution in [0, 0.1) is 0 Å². The van der Waals surface area contributed by atoms with E-state index in [1.807, 2.05) is 6.07 Å². The van der Waals surface area contributed by atoms with E-state index in [0.29, 0.717) is 28.8 Å². The molecule has 2 N–H and O–H groups in total. The standard InChI is InChI=1S/C17H16N4O4/c1-23-11-5-6-12(14(10-11)24-2)18-15-7-8-16(21-20-15)19-17(22)13-4-3-9-25-13/h3-10H,1-2H3,(H,18,20)(H,19,21,22). The number of ether oxygens (including phenoxy) is 2. The SMILES string of the molecule is COc1ccc(Nc2ccc(NC(=O)c3ccco3)nn2)c(OC)c1. The van der Waals surface area contributed by atoms with Crippen molar-refractivity contribution < 1.29 is 18.7 Å². The molecular weight excluding hydrogens is 324 g/mol. The summed E-state index contributed by atoms with van der Waals surface area (Å²) in [7, 11) is 3.15. The molecule has 8 heteroatoms. The highest BCUT2D eigenvalue weighted by molar-refractivity contribution is 6.01. The molecule has 0 aliphatic rings. The van der Waals surface area contributed by atoms with Crippen LogP contribution in [0.25, 0.3) is 0 Å². The molecule has 3 rings (SSSR count). The molecule has 128 valence electrons. The summed E-state index contributed by atoms with van der Waals surface area (Å²) < 4.78 is 15.5. The maximum atomic E-state index is 11.9. The third kappa shape index (κ3) is 3.86. The van der Waals surface area contributed by atoms with Crippen molar-refractivity contribution in [2.24, 2.45) is 0 Å². The normalized spacial score (nSPS) is 10.2. The zero-order valence-electron chi connectivity index (χ0n) is 13.6. The van der Waals surface area contributed by atoms with E-state index in [1.54, 1.807) is 50.6 Å². The number of amides is 1. The minimum atomic E-state index is -0.392. The summed E-state index contributed by atoms with van der Waals surface area (Å²) in [6.45, 7) is 0. The number of methoxy groups -OCH3 is 2. The van der Waals surface area contributed by atoms with Gasteiger partial charge in [-0.25, -0.2) is 0 Å². The van der Waals surface area contributed by atoms with E-state index in [-0.39, 0.29) is 5.76 Å². The fourth-order valence-electron chi connectivity index (χ4n) is 2.09. The van der Waals surface area contributed by atoms with Crippen molar-refractivity contribution in [2.45, 2.75) is 0 Å². The Labute approximate surface area is 143 Å². The Balaban J connectivity index is 1.69. The van der Waals surface area contributed by atoms with Crippen LogP contribution in [-0.4, -0.2) is 30.3 Å². The van der Waals surface area contributed by atoms with Gasteiger partial charge in [0.05, 0.1) is 26.2 Å². The van der Waals surface area contributed by atoms with Crippen LogP contribution < -0.4 is 20.1 Å². The highest BCUT2D eigenvalue weighted by Crippen LogP contribution is 2.30. The first-order chi connectivity index (χ1) is 12.2. The second-order valence-electron chi connectivity index (χ2n) is 4.93. The van der Waals surface area contributed by atoms with Crippen LogP contribution in [-0.2, 0) is 0 Å². The Kier molecular flexibility index (Phi) is 4.79. The number of rotatable bonds is 6. The van der Waals surface area contributed by atoms with Crippen LogP contribution in [0.1, 0.15) is 10.6 Å². The van der Waals surface area contributed by atoms with Gasteiger partial charge in [-0.15, -0.1) is 10.2 Å². The molecule has 3 aromatic rings. The minimum absolute atomic E-state index is 0.201. The Hall–Kier alpha value is -3.55. The fourth-order valence-corrected chi connectivity index (χ4v) is 2.09. The number of aromatic nitrogens is 2. The molecule has 2 aromatic heterocycles. The lowest BCUT2D eigenvalue weighted by Gasteiger charge is -2.11. The average molecular weight is 340 g/mol. The number of nitrogens with one attached hydrogen (secondary N) is 2. The maximum absolute atomic E-state index is 11.9. The van der Waals surface area contributed by atoms with Crippen LogP contribution in [0.2, 0.25) is 0 Å². The van der Waals surface area contributed by atoms with Crippen LogP contribution in [0.15, 0.2) is 53.1 Å². The summed E-state index contributed by atoms with van der Waals surface area (Å²) >= 11 is 0. The Morgan fingerprint density at radius 3 is 2.48 bits per heavy atom. The molecule has 0 saturated carbocycles. The summed E-state index contributed by atoms with van der Waals surface area (Å²) in [5, 5.41) is 13.7. The van der Waals surface area contributed by atoms with E-state index in [9.17, 15) is 4.79 Å². The third-order valence-corrected chi connectivity index (χ3v) is 3.32. The zero-order chi connectivity index (χ0) is 17.6. The molecule has 8 nitrogen and oxygen atoms in total. The van der Waals surface area contributed by atoms with E-state index in [1.165, 1.54) is 6.26 Å². The number of hydrogen-bond donors (Lipinski definition) is 2. The van der Waals surface area contributed by atoms with Gasteiger partial charge in [-0.3, -0.25) is 4.79 Å². The first kappa shape index (κ1) is 16.3. The van der Waals surface area contributed by atoms with Crippen molar-refractivity contribution in [3.05, 3.63) is 54.5 Å². The van der Waals surface area contributed by atoms with Crippen molar-refractivity contribution in [3.63, 3.8) is 0 Å². The van der Waals surface area contributed by atoms with Gasteiger partial charge in [0.2, 0.25) is 0 Å². The molecule has 0 aliphatic carbocycles. The van der Waals surface area contributed by atoms with Gasteiger partial charge in [-0.05, 0) is 36.4 Å². The van der Waals surface area contributed by atoms with E-state index in [4.69, 9.17) is 13.9 Å². The summed E-state index contributed by atoms with van der Waals surface area (Å²) in [6, 6.07) is 11.9. The van der Waals surface area contributed by atoms with Crippen LogP contribution >= 0.6 is 0 Å². The Bertz CT molecular complexity index is 848. The van der Waals surface area contributed by atoms with Gasteiger partial charge >= 0.3 is 0 Å². The van der Waals surface area contributed by atoms with Gasteiger partial charge in [0.1, 0.15) is 11.5 Å². The summed E-state index contributed by atoms with van der Waals surface area (Å²) in [4.78, 5) is 11.9. The molecule has 25 heavy (non-hydrogen) atoms. The fraction of sp³-hybridized carbons (Fsp3) is 0.118.